The van der Waals surface area contributed by atoms with E-state index in [1.165, 1.54) is 6.42 Å². The van der Waals surface area contributed by atoms with Gasteiger partial charge < -0.3 is 9.84 Å². The average molecular weight is 264 g/mol. The molecule has 0 aliphatic rings. The standard InChI is InChI=1S/C9H7F3O3.C3H8/c1-15-7-4-5(9(10,11)12)2-3-6(7)8(13)14;1-3-2/h2-4H,1H3,(H,13,14);3H2,1-2H3. The minimum absolute atomic E-state index is 0.300. The summed E-state index contributed by atoms with van der Waals surface area (Å²) in [6, 6.07) is 2.22. The summed E-state index contributed by atoms with van der Waals surface area (Å²) >= 11 is 0. The van der Waals surface area contributed by atoms with Crippen molar-refractivity contribution in [2.75, 3.05) is 7.11 Å². The molecule has 1 N–H and O–H groups in total. The summed E-state index contributed by atoms with van der Waals surface area (Å²) in [7, 11) is 1.11. The van der Waals surface area contributed by atoms with Gasteiger partial charge in [0, 0.05) is 0 Å². The molecular formula is C12H15F3O3. The topological polar surface area (TPSA) is 46.5 Å². The molecule has 1 rings (SSSR count). The van der Waals surface area contributed by atoms with E-state index in [1.807, 2.05) is 0 Å². The number of alkyl halides is 3. The van der Waals surface area contributed by atoms with Crippen molar-refractivity contribution in [3.63, 3.8) is 0 Å². The van der Waals surface area contributed by atoms with E-state index in [0.717, 1.165) is 13.2 Å². The highest BCUT2D eigenvalue weighted by molar-refractivity contribution is 5.91. The highest BCUT2D eigenvalue weighted by Gasteiger charge is 2.31. The first-order valence-corrected chi connectivity index (χ1v) is 5.26. The van der Waals surface area contributed by atoms with Gasteiger partial charge in [0.1, 0.15) is 11.3 Å². The van der Waals surface area contributed by atoms with Gasteiger partial charge in [0.15, 0.2) is 0 Å². The SMILES string of the molecule is CCC.COc1cc(C(F)(F)F)ccc1C(=O)O. The molecule has 0 unspecified atom stereocenters. The second-order valence-electron chi connectivity index (χ2n) is 3.43. The van der Waals surface area contributed by atoms with Crippen molar-refractivity contribution in [2.45, 2.75) is 26.4 Å². The predicted octanol–water partition coefficient (Wildman–Crippen LogP) is 3.83. The van der Waals surface area contributed by atoms with Crippen molar-refractivity contribution in [3.8, 4) is 5.75 Å². The molecule has 6 heteroatoms. The molecule has 1 aromatic carbocycles. The smallest absolute Gasteiger partial charge is 0.416 e. The highest BCUT2D eigenvalue weighted by Crippen LogP contribution is 2.32. The molecular weight excluding hydrogens is 249 g/mol. The molecule has 0 saturated carbocycles. The molecule has 0 spiro atoms. The highest BCUT2D eigenvalue weighted by atomic mass is 19.4. The number of aromatic carboxylic acids is 1. The van der Waals surface area contributed by atoms with E-state index in [0.29, 0.717) is 12.1 Å². The van der Waals surface area contributed by atoms with Crippen LogP contribution in [0, 0.1) is 0 Å². The molecule has 0 radical (unpaired) electrons. The van der Waals surface area contributed by atoms with Gasteiger partial charge in [-0.2, -0.15) is 13.2 Å². The van der Waals surface area contributed by atoms with Crippen LogP contribution in [0.3, 0.4) is 0 Å². The minimum Gasteiger partial charge on any atom is -0.496 e. The zero-order valence-corrected chi connectivity index (χ0v) is 10.3. The number of rotatable bonds is 2. The van der Waals surface area contributed by atoms with Gasteiger partial charge in [-0.3, -0.25) is 0 Å². The summed E-state index contributed by atoms with van der Waals surface area (Å²) in [6.45, 7) is 4.25. The number of ether oxygens (including phenoxy) is 1. The van der Waals surface area contributed by atoms with Gasteiger partial charge in [-0.25, -0.2) is 4.79 Å². The van der Waals surface area contributed by atoms with Crippen LogP contribution in [0.1, 0.15) is 36.2 Å². The van der Waals surface area contributed by atoms with Crippen molar-refractivity contribution < 1.29 is 27.8 Å². The molecule has 0 amide bonds. The van der Waals surface area contributed by atoms with Gasteiger partial charge in [-0.15, -0.1) is 0 Å². The maximum absolute atomic E-state index is 12.2. The largest absolute Gasteiger partial charge is 0.496 e. The Hall–Kier alpha value is -1.72. The number of halogens is 3. The van der Waals surface area contributed by atoms with E-state index < -0.39 is 17.7 Å². The molecule has 102 valence electrons. The minimum atomic E-state index is -4.51. The Morgan fingerprint density at radius 3 is 2.17 bits per heavy atom. The summed E-state index contributed by atoms with van der Waals surface area (Å²) in [6.07, 6.45) is -3.26. The number of hydrogen-bond donors (Lipinski definition) is 1. The fraction of sp³-hybridized carbons (Fsp3) is 0.417. The second-order valence-corrected chi connectivity index (χ2v) is 3.43. The Labute approximate surface area is 103 Å². The van der Waals surface area contributed by atoms with Crippen molar-refractivity contribution >= 4 is 5.97 Å². The lowest BCUT2D eigenvalue weighted by atomic mass is 10.1. The van der Waals surface area contributed by atoms with E-state index in [1.54, 1.807) is 0 Å². The van der Waals surface area contributed by atoms with Crippen molar-refractivity contribution in [2.24, 2.45) is 0 Å². The molecule has 0 heterocycles. The van der Waals surface area contributed by atoms with Crippen LogP contribution in [0.25, 0.3) is 0 Å². The van der Waals surface area contributed by atoms with Crippen LogP contribution in [0.4, 0.5) is 13.2 Å². The number of hydrogen-bond acceptors (Lipinski definition) is 2. The summed E-state index contributed by atoms with van der Waals surface area (Å²) in [5.74, 6) is -1.64. The number of benzene rings is 1. The summed E-state index contributed by atoms with van der Waals surface area (Å²) in [5.41, 5.74) is -1.24. The van der Waals surface area contributed by atoms with E-state index in [2.05, 4.69) is 18.6 Å². The third-order valence-electron chi connectivity index (χ3n) is 1.76. The van der Waals surface area contributed by atoms with Crippen molar-refractivity contribution in [3.05, 3.63) is 29.3 Å². The van der Waals surface area contributed by atoms with E-state index >= 15 is 0 Å². The normalized spacial score (nSPS) is 10.3. The first-order valence-electron chi connectivity index (χ1n) is 5.26. The molecule has 0 aliphatic carbocycles. The first-order chi connectivity index (χ1) is 8.27. The van der Waals surface area contributed by atoms with E-state index in [-0.39, 0.29) is 11.3 Å². The van der Waals surface area contributed by atoms with Crippen LogP contribution in [-0.4, -0.2) is 18.2 Å². The maximum Gasteiger partial charge on any atom is 0.416 e. The molecule has 0 bridgehead atoms. The van der Waals surface area contributed by atoms with Crippen LogP contribution in [0.2, 0.25) is 0 Å². The Morgan fingerprint density at radius 2 is 1.83 bits per heavy atom. The molecule has 0 aliphatic heterocycles. The second kappa shape index (κ2) is 6.88. The molecule has 0 fully saturated rings. The van der Waals surface area contributed by atoms with Gasteiger partial charge in [0.05, 0.1) is 12.7 Å². The van der Waals surface area contributed by atoms with E-state index in [4.69, 9.17) is 5.11 Å². The lowest BCUT2D eigenvalue weighted by Gasteiger charge is -2.10. The van der Waals surface area contributed by atoms with Gasteiger partial charge in [-0.05, 0) is 18.2 Å². The van der Waals surface area contributed by atoms with Crippen LogP contribution in [-0.2, 0) is 6.18 Å². The Bertz CT molecular complexity index is 400. The monoisotopic (exact) mass is 264 g/mol. The van der Waals surface area contributed by atoms with Crippen LogP contribution in [0.15, 0.2) is 18.2 Å². The van der Waals surface area contributed by atoms with Crippen LogP contribution in [0.5, 0.6) is 5.75 Å². The molecule has 18 heavy (non-hydrogen) atoms. The number of carbonyl (C=O) groups is 1. The van der Waals surface area contributed by atoms with Gasteiger partial charge >= 0.3 is 12.1 Å². The van der Waals surface area contributed by atoms with Crippen molar-refractivity contribution in [1.82, 2.24) is 0 Å². The van der Waals surface area contributed by atoms with Gasteiger partial charge in [0.2, 0.25) is 0 Å². The lowest BCUT2D eigenvalue weighted by molar-refractivity contribution is -0.137. The summed E-state index contributed by atoms with van der Waals surface area (Å²) in [5, 5.41) is 8.63. The number of methoxy groups -OCH3 is 1. The van der Waals surface area contributed by atoms with Crippen LogP contribution >= 0.6 is 0 Å². The van der Waals surface area contributed by atoms with Gasteiger partial charge in [0.25, 0.3) is 0 Å². The zero-order valence-electron chi connectivity index (χ0n) is 10.3. The third-order valence-corrected chi connectivity index (χ3v) is 1.76. The molecule has 0 saturated heterocycles. The molecule has 0 aromatic heterocycles. The molecule has 3 nitrogen and oxygen atoms in total. The van der Waals surface area contributed by atoms with Crippen molar-refractivity contribution in [1.29, 1.82) is 0 Å². The third kappa shape index (κ3) is 4.65. The first kappa shape index (κ1) is 16.3. The Kier molecular flexibility index (Phi) is 6.22. The quantitative estimate of drug-likeness (QED) is 0.883. The Morgan fingerprint density at radius 1 is 1.33 bits per heavy atom. The van der Waals surface area contributed by atoms with Crippen LogP contribution < -0.4 is 4.74 Å². The fourth-order valence-corrected chi connectivity index (χ4v) is 1.04. The predicted molar refractivity (Wildman–Crippen MR) is 60.9 cm³/mol. The number of carboxylic acids is 1. The fourth-order valence-electron chi connectivity index (χ4n) is 1.04. The summed E-state index contributed by atoms with van der Waals surface area (Å²) in [4.78, 5) is 10.6. The molecule has 1 aromatic rings. The van der Waals surface area contributed by atoms with E-state index in [9.17, 15) is 18.0 Å². The maximum atomic E-state index is 12.2. The van der Waals surface area contributed by atoms with Gasteiger partial charge in [-0.1, -0.05) is 20.3 Å². The Balaban J connectivity index is 0.000000873. The number of carboxylic acid groups (broad SMARTS) is 1. The molecule has 0 atom stereocenters. The zero-order chi connectivity index (χ0) is 14.3. The summed E-state index contributed by atoms with van der Waals surface area (Å²) < 4.78 is 41.3. The average Bonchev–Trinajstić information content (AvgIpc) is 2.27. The lowest BCUT2D eigenvalue weighted by Crippen LogP contribution is -2.07.